The molecule has 0 fully saturated rings. The number of carbonyl (C=O) groups excluding carboxylic acids is 1. The van der Waals surface area contributed by atoms with Gasteiger partial charge in [-0.15, -0.1) is 0 Å². The van der Waals surface area contributed by atoms with Gasteiger partial charge in [0.05, 0.1) is 0 Å². The van der Waals surface area contributed by atoms with Crippen LogP contribution in [-0.4, -0.2) is 5.78 Å². The third-order valence-electron chi connectivity index (χ3n) is 3.73. The largest absolute Gasteiger partial charge is 0.324 e. The number of carbonyl (C=O) groups is 1. The maximum atomic E-state index is 12.9. The summed E-state index contributed by atoms with van der Waals surface area (Å²) in [4.78, 5) is 12.9. The second-order valence-corrected chi connectivity index (χ2v) is 5.23. The SMILES string of the molecule is CC(N)c1ccccc1C(=O)c1cccc2ccccc12. The molecule has 2 heteroatoms. The lowest BCUT2D eigenvalue weighted by molar-refractivity contribution is 0.103. The fourth-order valence-corrected chi connectivity index (χ4v) is 2.67. The smallest absolute Gasteiger partial charge is 0.193 e. The topological polar surface area (TPSA) is 43.1 Å². The van der Waals surface area contributed by atoms with Gasteiger partial charge in [-0.3, -0.25) is 4.79 Å². The van der Waals surface area contributed by atoms with Gasteiger partial charge in [0, 0.05) is 17.2 Å². The van der Waals surface area contributed by atoms with Gasteiger partial charge in [-0.05, 0) is 23.3 Å². The molecular weight excluding hydrogens is 258 g/mol. The summed E-state index contributed by atoms with van der Waals surface area (Å²) in [5.41, 5.74) is 8.28. The summed E-state index contributed by atoms with van der Waals surface area (Å²) in [5, 5.41) is 2.05. The molecule has 2 nitrogen and oxygen atoms in total. The predicted octanol–water partition coefficient (Wildman–Crippen LogP) is 4.09. The fraction of sp³-hybridized carbons (Fsp3) is 0.105. The number of fused-ring (bicyclic) bond motifs is 1. The zero-order valence-corrected chi connectivity index (χ0v) is 11.9. The van der Waals surface area contributed by atoms with Gasteiger partial charge in [0.1, 0.15) is 0 Å². The summed E-state index contributed by atoms with van der Waals surface area (Å²) < 4.78 is 0. The third kappa shape index (κ3) is 2.46. The summed E-state index contributed by atoms with van der Waals surface area (Å²) >= 11 is 0. The highest BCUT2D eigenvalue weighted by Gasteiger charge is 2.17. The first-order chi connectivity index (χ1) is 10.2. The number of benzene rings is 3. The number of hydrogen-bond acceptors (Lipinski definition) is 2. The van der Waals surface area contributed by atoms with E-state index in [4.69, 9.17) is 5.73 Å². The second kappa shape index (κ2) is 5.51. The zero-order valence-electron chi connectivity index (χ0n) is 11.9. The highest BCUT2D eigenvalue weighted by Crippen LogP contribution is 2.24. The molecule has 0 aliphatic carbocycles. The average molecular weight is 275 g/mol. The summed E-state index contributed by atoms with van der Waals surface area (Å²) in [6, 6.07) is 21.1. The molecule has 104 valence electrons. The Hall–Kier alpha value is -2.45. The Bertz CT molecular complexity index is 800. The normalized spacial score (nSPS) is 12.3. The van der Waals surface area contributed by atoms with Crippen molar-refractivity contribution in [2.45, 2.75) is 13.0 Å². The van der Waals surface area contributed by atoms with E-state index in [1.54, 1.807) is 0 Å². The molecule has 0 heterocycles. The number of ketones is 1. The number of hydrogen-bond donors (Lipinski definition) is 1. The Balaban J connectivity index is 2.18. The van der Waals surface area contributed by atoms with E-state index in [0.717, 1.165) is 21.9 Å². The molecule has 0 spiro atoms. The molecule has 3 rings (SSSR count). The molecule has 1 unspecified atom stereocenters. The van der Waals surface area contributed by atoms with E-state index in [1.807, 2.05) is 73.7 Å². The van der Waals surface area contributed by atoms with Crippen LogP contribution >= 0.6 is 0 Å². The van der Waals surface area contributed by atoms with Crippen molar-refractivity contribution in [2.24, 2.45) is 5.73 Å². The van der Waals surface area contributed by atoms with Gasteiger partial charge >= 0.3 is 0 Å². The van der Waals surface area contributed by atoms with Crippen molar-refractivity contribution in [1.82, 2.24) is 0 Å². The first-order valence-corrected chi connectivity index (χ1v) is 7.05. The van der Waals surface area contributed by atoms with Crippen molar-refractivity contribution in [3.05, 3.63) is 83.4 Å². The van der Waals surface area contributed by atoms with E-state index in [1.165, 1.54) is 0 Å². The van der Waals surface area contributed by atoms with Gasteiger partial charge in [-0.2, -0.15) is 0 Å². The number of rotatable bonds is 3. The van der Waals surface area contributed by atoms with Crippen LogP contribution in [-0.2, 0) is 0 Å². The summed E-state index contributed by atoms with van der Waals surface area (Å²) in [6.07, 6.45) is 0. The lowest BCUT2D eigenvalue weighted by Gasteiger charge is -2.13. The Labute approximate surface area is 124 Å². The monoisotopic (exact) mass is 275 g/mol. The third-order valence-corrected chi connectivity index (χ3v) is 3.73. The van der Waals surface area contributed by atoms with Crippen molar-refractivity contribution in [3.63, 3.8) is 0 Å². The molecule has 2 N–H and O–H groups in total. The van der Waals surface area contributed by atoms with E-state index in [2.05, 4.69) is 0 Å². The van der Waals surface area contributed by atoms with Gasteiger partial charge in [-0.1, -0.05) is 66.7 Å². The van der Waals surface area contributed by atoms with Gasteiger partial charge in [0.25, 0.3) is 0 Å². The molecule has 0 bridgehead atoms. The highest BCUT2D eigenvalue weighted by atomic mass is 16.1. The van der Waals surface area contributed by atoms with Gasteiger partial charge in [0.2, 0.25) is 0 Å². The van der Waals surface area contributed by atoms with E-state index < -0.39 is 0 Å². The van der Waals surface area contributed by atoms with E-state index >= 15 is 0 Å². The van der Waals surface area contributed by atoms with Crippen molar-refractivity contribution in [1.29, 1.82) is 0 Å². The second-order valence-electron chi connectivity index (χ2n) is 5.23. The number of nitrogens with two attached hydrogens (primary N) is 1. The fourth-order valence-electron chi connectivity index (χ4n) is 2.67. The Morgan fingerprint density at radius 3 is 2.29 bits per heavy atom. The molecule has 0 aliphatic heterocycles. The van der Waals surface area contributed by atoms with Crippen molar-refractivity contribution < 1.29 is 4.79 Å². The van der Waals surface area contributed by atoms with E-state index in [9.17, 15) is 4.79 Å². The van der Waals surface area contributed by atoms with Crippen LogP contribution in [0.5, 0.6) is 0 Å². The lowest BCUT2D eigenvalue weighted by atomic mass is 9.92. The highest BCUT2D eigenvalue weighted by molar-refractivity contribution is 6.17. The summed E-state index contributed by atoms with van der Waals surface area (Å²) in [7, 11) is 0. The molecule has 0 aromatic heterocycles. The van der Waals surface area contributed by atoms with E-state index in [0.29, 0.717) is 5.56 Å². The van der Waals surface area contributed by atoms with Crippen molar-refractivity contribution >= 4 is 16.6 Å². The first-order valence-electron chi connectivity index (χ1n) is 7.05. The molecule has 0 saturated carbocycles. The summed E-state index contributed by atoms with van der Waals surface area (Å²) in [5.74, 6) is 0.0275. The van der Waals surface area contributed by atoms with Crippen molar-refractivity contribution in [3.8, 4) is 0 Å². The molecule has 21 heavy (non-hydrogen) atoms. The maximum absolute atomic E-state index is 12.9. The minimum atomic E-state index is -0.167. The maximum Gasteiger partial charge on any atom is 0.193 e. The van der Waals surface area contributed by atoms with Crippen LogP contribution < -0.4 is 5.73 Å². The van der Waals surface area contributed by atoms with Gasteiger partial charge in [0.15, 0.2) is 5.78 Å². The van der Waals surface area contributed by atoms with Crippen LogP contribution in [0.4, 0.5) is 0 Å². The van der Waals surface area contributed by atoms with Gasteiger partial charge in [-0.25, -0.2) is 0 Å². The Morgan fingerprint density at radius 2 is 1.48 bits per heavy atom. The molecular formula is C19H17NO. The standard InChI is InChI=1S/C19H17NO/c1-13(20)15-9-4-5-11-17(15)19(21)18-12-6-8-14-7-2-3-10-16(14)18/h2-13H,20H2,1H3. The minimum Gasteiger partial charge on any atom is -0.324 e. The quantitative estimate of drug-likeness (QED) is 0.731. The van der Waals surface area contributed by atoms with Crippen molar-refractivity contribution in [2.75, 3.05) is 0 Å². The van der Waals surface area contributed by atoms with Crippen LogP contribution in [0, 0.1) is 0 Å². The molecule has 1 atom stereocenters. The van der Waals surface area contributed by atoms with Crippen LogP contribution in [0.2, 0.25) is 0 Å². The van der Waals surface area contributed by atoms with Crippen LogP contribution in [0.1, 0.15) is 34.5 Å². The zero-order chi connectivity index (χ0) is 14.8. The van der Waals surface area contributed by atoms with Gasteiger partial charge < -0.3 is 5.73 Å². The molecule has 0 aliphatic rings. The molecule has 0 amide bonds. The average Bonchev–Trinajstić information content (AvgIpc) is 2.53. The molecule has 3 aromatic rings. The Kier molecular flexibility index (Phi) is 3.55. The van der Waals surface area contributed by atoms with Crippen LogP contribution in [0.25, 0.3) is 10.8 Å². The Morgan fingerprint density at radius 1 is 0.857 bits per heavy atom. The summed E-state index contributed by atoms with van der Waals surface area (Å²) in [6.45, 7) is 1.90. The molecule has 3 aromatic carbocycles. The van der Waals surface area contributed by atoms with E-state index in [-0.39, 0.29) is 11.8 Å². The first kappa shape index (κ1) is 13.5. The molecule has 0 saturated heterocycles. The predicted molar refractivity (Wildman–Crippen MR) is 86.4 cm³/mol. The lowest BCUT2D eigenvalue weighted by Crippen LogP contribution is -2.12. The van der Waals surface area contributed by atoms with Crippen LogP contribution in [0.15, 0.2) is 66.7 Å². The molecule has 0 radical (unpaired) electrons. The van der Waals surface area contributed by atoms with Crippen LogP contribution in [0.3, 0.4) is 0 Å². The minimum absolute atomic E-state index is 0.0275.